The Balaban J connectivity index is 2.26. The molecule has 13 heavy (non-hydrogen) atoms. The molecule has 1 aliphatic rings. The van der Waals surface area contributed by atoms with Crippen LogP contribution in [0.4, 0.5) is 0 Å². The van der Waals surface area contributed by atoms with Crippen LogP contribution < -0.4 is 10.6 Å². The predicted octanol–water partition coefficient (Wildman–Crippen LogP) is -4.05. The molecule has 0 radical (unpaired) electrons. The second-order valence-electron chi connectivity index (χ2n) is 3.35. The van der Waals surface area contributed by atoms with Crippen molar-refractivity contribution >= 4 is 5.91 Å². The number of carbonyl (C=O) groups excluding carboxylic acids is 1. The Morgan fingerprint density at radius 3 is 2.54 bits per heavy atom. The summed E-state index contributed by atoms with van der Waals surface area (Å²) in [6, 6.07) is 0. The van der Waals surface area contributed by atoms with Gasteiger partial charge in [-0.1, -0.05) is 0 Å². The Labute approximate surface area is 78.1 Å². The molecule has 1 heterocycles. The number of nitrogens with one attached hydrogen (secondary N) is 1. The first-order valence-corrected chi connectivity index (χ1v) is 4.79. The van der Waals surface area contributed by atoms with Crippen LogP contribution in [0.2, 0.25) is 0 Å². The molecule has 0 aromatic heterocycles. The SMILES string of the molecule is [NH3+]CC(=O)N1CC[NH+](CCO)CC1. The van der Waals surface area contributed by atoms with E-state index in [4.69, 9.17) is 5.11 Å². The summed E-state index contributed by atoms with van der Waals surface area (Å²) in [7, 11) is 0. The highest BCUT2D eigenvalue weighted by Gasteiger charge is 2.22. The minimum Gasteiger partial charge on any atom is -0.391 e. The average molecular weight is 189 g/mol. The molecular weight excluding hydrogens is 170 g/mol. The molecule has 1 aliphatic heterocycles. The molecule has 5 N–H and O–H groups in total. The van der Waals surface area contributed by atoms with Crippen LogP contribution in [0, 0.1) is 0 Å². The van der Waals surface area contributed by atoms with Crippen LogP contribution >= 0.6 is 0 Å². The molecule has 0 bridgehead atoms. The first kappa shape index (κ1) is 10.4. The number of quaternary nitrogens is 2. The molecule has 1 amide bonds. The van der Waals surface area contributed by atoms with Gasteiger partial charge in [-0.15, -0.1) is 0 Å². The number of carbonyl (C=O) groups is 1. The lowest BCUT2D eigenvalue weighted by Gasteiger charge is -2.31. The number of hydrogen-bond donors (Lipinski definition) is 3. The van der Waals surface area contributed by atoms with Crippen molar-refractivity contribution < 1.29 is 20.5 Å². The smallest absolute Gasteiger partial charge is 0.278 e. The molecular formula is C8H19N3O2+2. The first-order valence-electron chi connectivity index (χ1n) is 4.79. The predicted molar refractivity (Wildman–Crippen MR) is 47.0 cm³/mol. The van der Waals surface area contributed by atoms with Crippen LogP contribution in [0.15, 0.2) is 0 Å². The molecule has 5 heteroatoms. The number of hydrogen-bond acceptors (Lipinski definition) is 2. The van der Waals surface area contributed by atoms with E-state index in [2.05, 4.69) is 5.73 Å². The van der Waals surface area contributed by atoms with Gasteiger partial charge >= 0.3 is 0 Å². The zero-order valence-corrected chi connectivity index (χ0v) is 7.96. The third-order valence-electron chi connectivity index (χ3n) is 2.50. The van der Waals surface area contributed by atoms with Crippen LogP contribution in [-0.2, 0) is 4.79 Å². The van der Waals surface area contributed by atoms with Crippen LogP contribution in [0.3, 0.4) is 0 Å². The molecule has 76 valence electrons. The van der Waals surface area contributed by atoms with Crippen LogP contribution in [-0.4, -0.2) is 61.8 Å². The lowest BCUT2D eigenvalue weighted by atomic mass is 10.3. The average Bonchev–Trinajstić information content (AvgIpc) is 2.18. The van der Waals surface area contributed by atoms with E-state index in [0.29, 0.717) is 6.54 Å². The van der Waals surface area contributed by atoms with Crippen molar-refractivity contribution in [2.24, 2.45) is 0 Å². The molecule has 1 saturated heterocycles. The summed E-state index contributed by atoms with van der Waals surface area (Å²) in [5.41, 5.74) is 3.58. The van der Waals surface area contributed by atoms with Crippen molar-refractivity contribution in [2.75, 3.05) is 45.9 Å². The van der Waals surface area contributed by atoms with Crippen molar-refractivity contribution in [3.05, 3.63) is 0 Å². The van der Waals surface area contributed by atoms with E-state index in [1.807, 2.05) is 4.90 Å². The van der Waals surface area contributed by atoms with Crippen molar-refractivity contribution in [3.8, 4) is 0 Å². The standard InChI is InChI=1S/C8H17N3O2/c9-7-8(13)11-3-1-10(2-4-11)5-6-12/h12H,1-7,9H2/p+2. The Hall–Kier alpha value is -0.650. The molecule has 0 spiro atoms. The Kier molecular flexibility index (Phi) is 4.14. The monoisotopic (exact) mass is 189 g/mol. The lowest BCUT2D eigenvalue weighted by molar-refractivity contribution is -0.904. The van der Waals surface area contributed by atoms with E-state index in [1.54, 1.807) is 0 Å². The summed E-state index contributed by atoms with van der Waals surface area (Å²) < 4.78 is 0. The summed E-state index contributed by atoms with van der Waals surface area (Å²) in [6.07, 6.45) is 0. The van der Waals surface area contributed by atoms with Gasteiger partial charge in [-0.3, -0.25) is 4.79 Å². The van der Waals surface area contributed by atoms with Crippen LogP contribution in [0.1, 0.15) is 0 Å². The van der Waals surface area contributed by atoms with E-state index < -0.39 is 0 Å². The highest BCUT2D eigenvalue weighted by molar-refractivity contribution is 5.76. The topological polar surface area (TPSA) is 72.6 Å². The fraction of sp³-hybridized carbons (Fsp3) is 0.875. The van der Waals surface area contributed by atoms with E-state index >= 15 is 0 Å². The second-order valence-corrected chi connectivity index (χ2v) is 3.35. The summed E-state index contributed by atoms with van der Waals surface area (Å²) in [5, 5.41) is 8.73. The number of aliphatic hydroxyl groups is 1. The van der Waals surface area contributed by atoms with Crippen LogP contribution in [0.25, 0.3) is 0 Å². The summed E-state index contributed by atoms with van der Waals surface area (Å²) in [6.45, 7) is 4.91. The molecule has 0 aromatic rings. The van der Waals surface area contributed by atoms with Gasteiger partial charge in [-0.2, -0.15) is 0 Å². The van der Waals surface area contributed by atoms with E-state index in [-0.39, 0.29) is 12.5 Å². The number of nitrogens with zero attached hydrogens (tertiary/aromatic N) is 1. The van der Waals surface area contributed by atoms with Gasteiger partial charge in [0.15, 0.2) is 6.54 Å². The number of rotatable bonds is 3. The molecule has 5 nitrogen and oxygen atoms in total. The largest absolute Gasteiger partial charge is 0.391 e. The van der Waals surface area contributed by atoms with E-state index in [0.717, 1.165) is 32.7 Å². The third-order valence-corrected chi connectivity index (χ3v) is 2.50. The van der Waals surface area contributed by atoms with Crippen molar-refractivity contribution in [3.63, 3.8) is 0 Å². The minimum absolute atomic E-state index is 0.142. The Morgan fingerprint density at radius 2 is 2.08 bits per heavy atom. The van der Waals surface area contributed by atoms with Crippen LogP contribution in [0.5, 0.6) is 0 Å². The maximum Gasteiger partial charge on any atom is 0.278 e. The summed E-state index contributed by atoms with van der Waals surface area (Å²) in [4.78, 5) is 14.5. The van der Waals surface area contributed by atoms with Crippen molar-refractivity contribution in [1.82, 2.24) is 4.90 Å². The van der Waals surface area contributed by atoms with E-state index in [9.17, 15) is 4.79 Å². The van der Waals surface area contributed by atoms with Gasteiger partial charge in [0.2, 0.25) is 0 Å². The maximum absolute atomic E-state index is 11.2. The van der Waals surface area contributed by atoms with Gasteiger partial charge in [-0.25, -0.2) is 0 Å². The minimum atomic E-state index is 0.142. The van der Waals surface area contributed by atoms with Gasteiger partial charge in [0.25, 0.3) is 5.91 Å². The van der Waals surface area contributed by atoms with Gasteiger partial charge < -0.3 is 20.6 Å². The summed E-state index contributed by atoms with van der Waals surface area (Å²) in [5.74, 6) is 0.142. The quantitative estimate of drug-likeness (QED) is 0.423. The first-order chi connectivity index (χ1) is 6.27. The van der Waals surface area contributed by atoms with Gasteiger partial charge in [-0.05, 0) is 0 Å². The zero-order chi connectivity index (χ0) is 9.68. The summed E-state index contributed by atoms with van der Waals surface area (Å²) >= 11 is 0. The Bertz CT molecular complexity index is 167. The number of aliphatic hydroxyl groups excluding tert-OH is 1. The molecule has 0 aliphatic carbocycles. The molecule has 0 saturated carbocycles. The number of amides is 1. The lowest BCUT2D eigenvalue weighted by Crippen LogP contribution is -3.15. The fourth-order valence-electron chi connectivity index (χ4n) is 1.64. The van der Waals surface area contributed by atoms with Gasteiger partial charge in [0, 0.05) is 0 Å². The highest BCUT2D eigenvalue weighted by atomic mass is 16.3. The van der Waals surface area contributed by atoms with Crippen molar-refractivity contribution in [1.29, 1.82) is 0 Å². The fourth-order valence-corrected chi connectivity index (χ4v) is 1.64. The normalized spacial score (nSPS) is 19.1. The van der Waals surface area contributed by atoms with Gasteiger partial charge in [0.05, 0.1) is 32.8 Å². The molecule has 1 rings (SSSR count). The zero-order valence-electron chi connectivity index (χ0n) is 7.96. The highest BCUT2D eigenvalue weighted by Crippen LogP contribution is 1.88. The molecule has 0 aromatic carbocycles. The molecule has 0 unspecified atom stereocenters. The van der Waals surface area contributed by atoms with Gasteiger partial charge in [0.1, 0.15) is 6.54 Å². The second kappa shape index (κ2) is 5.16. The number of piperazine rings is 1. The third kappa shape index (κ3) is 2.95. The molecule has 1 fully saturated rings. The molecule has 0 atom stereocenters. The maximum atomic E-state index is 11.2. The van der Waals surface area contributed by atoms with Crippen molar-refractivity contribution in [2.45, 2.75) is 0 Å². The Morgan fingerprint density at radius 1 is 1.46 bits per heavy atom. The van der Waals surface area contributed by atoms with E-state index in [1.165, 1.54) is 4.90 Å².